The van der Waals surface area contributed by atoms with E-state index in [-0.39, 0.29) is 35.1 Å². The van der Waals surface area contributed by atoms with E-state index in [0.29, 0.717) is 5.75 Å². The molecule has 2 aromatic rings. The van der Waals surface area contributed by atoms with E-state index >= 15 is 0 Å². The Labute approximate surface area is 155 Å². The first-order chi connectivity index (χ1) is 12.9. The summed E-state index contributed by atoms with van der Waals surface area (Å²) < 4.78 is 38.0. The van der Waals surface area contributed by atoms with Crippen molar-refractivity contribution in [2.24, 2.45) is 5.18 Å². The second-order valence-corrected chi connectivity index (χ2v) is 7.47. The zero-order valence-electron chi connectivity index (χ0n) is 14.3. The maximum Gasteiger partial charge on any atom is 0.253 e. The van der Waals surface area contributed by atoms with E-state index in [1.807, 2.05) is 0 Å². The number of fused-ring (bicyclic) bond motifs is 1. The Morgan fingerprint density at radius 3 is 2.81 bits per heavy atom. The van der Waals surface area contributed by atoms with Crippen LogP contribution in [0.4, 0.5) is 0 Å². The Balaban J connectivity index is 1.84. The smallest absolute Gasteiger partial charge is 0.253 e. The minimum Gasteiger partial charge on any atom is -0.491 e. The summed E-state index contributed by atoms with van der Waals surface area (Å²) in [7, 11) is -3.69. The van der Waals surface area contributed by atoms with Gasteiger partial charge in [-0.2, -0.15) is 0 Å². The predicted octanol–water partition coefficient (Wildman–Crippen LogP) is 1.99. The molecule has 1 heterocycles. The van der Waals surface area contributed by atoms with Gasteiger partial charge in [0.2, 0.25) is 10.0 Å². The number of amides is 1. The number of sulfonamides is 1. The average Bonchev–Trinajstić information content (AvgIpc) is 2.80. The van der Waals surface area contributed by atoms with Crippen molar-refractivity contribution < 1.29 is 22.7 Å². The highest BCUT2D eigenvalue weighted by atomic mass is 32.2. The van der Waals surface area contributed by atoms with Gasteiger partial charge in [-0.25, -0.2) is 13.1 Å². The second-order valence-electron chi connectivity index (χ2n) is 5.74. The Morgan fingerprint density at radius 2 is 2.04 bits per heavy atom. The highest BCUT2D eigenvalue weighted by Crippen LogP contribution is 2.32. The maximum absolute atomic E-state index is 12.2. The van der Waals surface area contributed by atoms with Gasteiger partial charge in [0.25, 0.3) is 5.91 Å². The van der Waals surface area contributed by atoms with Gasteiger partial charge in [-0.05, 0) is 42.4 Å². The van der Waals surface area contributed by atoms with Crippen LogP contribution in [0.3, 0.4) is 0 Å². The fraction of sp³-hybridized carbons (Fsp3) is 0.235. The van der Waals surface area contributed by atoms with Crippen LogP contribution in [-0.2, 0) is 10.0 Å². The Hall–Kier alpha value is -2.98. The van der Waals surface area contributed by atoms with Gasteiger partial charge in [0.15, 0.2) is 6.17 Å². The van der Waals surface area contributed by atoms with Crippen molar-refractivity contribution in [2.75, 3.05) is 13.2 Å². The molecule has 0 aromatic heterocycles. The summed E-state index contributed by atoms with van der Waals surface area (Å²) in [6.45, 7) is 1.87. The third kappa shape index (κ3) is 4.41. The lowest BCUT2D eigenvalue weighted by Gasteiger charge is -2.11. The Kier molecular flexibility index (Phi) is 5.38. The zero-order valence-corrected chi connectivity index (χ0v) is 15.2. The summed E-state index contributed by atoms with van der Waals surface area (Å²) in [5.41, 5.74) is 0.274. The molecule has 142 valence electrons. The number of hydrogen-bond donors (Lipinski definition) is 2. The first-order valence-electron chi connectivity index (χ1n) is 8.07. The van der Waals surface area contributed by atoms with Gasteiger partial charge in [0.1, 0.15) is 28.8 Å². The second kappa shape index (κ2) is 7.72. The molecule has 1 amide bonds. The number of rotatable bonds is 5. The van der Waals surface area contributed by atoms with Crippen LogP contribution in [-0.4, -0.2) is 33.6 Å². The standard InChI is InChI=1S/C17H17N3O6S/c1-11(20-22)19-17(21)12-3-2-4-13(9-12)26-14-5-6-15-16(10-14)27(23,24)18-7-8-25-15/h2-6,9-11,18H,7-8H2,1H3,(H,19,21). The summed E-state index contributed by atoms with van der Waals surface area (Å²) >= 11 is 0. The van der Waals surface area contributed by atoms with Gasteiger partial charge in [-0.1, -0.05) is 6.07 Å². The van der Waals surface area contributed by atoms with Crippen molar-refractivity contribution in [1.29, 1.82) is 0 Å². The normalized spacial score (nSPS) is 16.2. The molecule has 0 aliphatic carbocycles. The Morgan fingerprint density at radius 1 is 1.26 bits per heavy atom. The van der Waals surface area contributed by atoms with Gasteiger partial charge in [0, 0.05) is 18.2 Å². The van der Waals surface area contributed by atoms with E-state index in [2.05, 4.69) is 15.2 Å². The molecule has 27 heavy (non-hydrogen) atoms. The average molecular weight is 391 g/mol. The van der Waals surface area contributed by atoms with Crippen LogP contribution in [0.2, 0.25) is 0 Å². The number of benzene rings is 2. The molecule has 1 aliphatic rings. The third-order valence-corrected chi connectivity index (χ3v) is 5.17. The SMILES string of the molecule is CC(N=O)NC(=O)c1cccc(Oc2ccc3c(c2)S(=O)(=O)NCCO3)c1. The summed E-state index contributed by atoms with van der Waals surface area (Å²) in [4.78, 5) is 22.5. The summed E-state index contributed by atoms with van der Waals surface area (Å²) in [6, 6.07) is 10.7. The minimum atomic E-state index is -3.69. The fourth-order valence-electron chi connectivity index (χ4n) is 2.43. The minimum absolute atomic E-state index is 0.0164. The maximum atomic E-state index is 12.2. The van der Waals surface area contributed by atoms with Crippen molar-refractivity contribution in [3.63, 3.8) is 0 Å². The quantitative estimate of drug-likeness (QED) is 0.752. The van der Waals surface area contributed by atoms with Crippen LogP contribution < -0.4 is 19.5 Å². The number of ether oxygens (including phenoxy) is 2. The first-order valence-corrected chi connectivity index (χ1v) is 9.55. The van der Waals surface area contributed by atoms with Crippen LogP contribution in [0.1, 0.15) is 17.3 Å². The molecule has 0 bridgehead atoms. The van der Waals surface area contributed by atoms with Gasteiger partial charge < -0.3 is 14.8 Å². The number of nitrogens with zero attached hydrogens (tertiary/aromatic N) is 1. The van der Waals surface area contributed by atoms with Crippen LogP contribution in [0.5, 0.6) is 17.2 Å². The monoisotopic (exact) mass is 391 g/mol. The van der Waals surface area contributed by atoms with Crippen LogP contribution in [0.25, 0.3) is 0 Å². The molecule has 1 unspecified atom stereocenters. The van der Waals surface area contributed by atoms with Gasteiger partial charge >= 0.3 is 0 Å². The predicted molar refractivity (Wildman–Crippen MR) is 96.4 cm³/mol. The number of carbonyl (C=O) groups excluding carboxylic acids is 1. The number of carbonyl (C=O) groups is 1. The molecule has 1 aliphatic heterocycles. The van der Waals surface area contributed by atoms with Crippen molar-refractivity contribution >= 4 is 15.9 Å². The molecule has 10 heteroatoms. The van der Waals surface area contributed by atoms with Gasteiger partial charge in [-0.3, -0.25) is 4.79 Å². The lowest BCUT2D eigenvalue weighted by molar-refractivity contribution is 0.0941. The van der Waals surface area contributed by atoms with E-state index in [9.17, 15) is 18.1 Å². The van der Waals surface area contributed by atoms with Crippen molar-refractivity contribution in [3.05, 3.63) is 52.9 Å². The third-order valence-electron chi connectivity index (χ3n) is 3.69. The van der Waals surface area contributed by atoms with Crippen LogP contribution >= 0.6 is 0 Å². The largest absolute Gasteiger partial charge is 0.491 e. The molecule has 2 N–H and O–H groups in total. The van der Waals surface area contributed by atoms with Crippen LogP contribution in [0.15, 0.2) is 52.5 Å². The summed E-state index contributed by atoms with van der Waals surface area (Å²) in [6.07, 6.45) is -0.857. The first kappa shape index (κ1) is 18.8. The van der Waals surface area contributed by atoms with Gasteiger partial charge in [-0.15, -0.1) is 4.91 Å². The van der Waals surface area contributed by atoms with Gasteiger partial charge in [0.05, 0.1) is 0 Å². The lowest BCUT2D eigenvalue weighted by Crippen LogP contribution is -2.30. The molecule has 0 spiro atoms. The molecule has 1 atom stereocenters. The molecule has 0 radical (unpaired) electrons. The van der Waals surface area contributed by atoms with Crippen LogP contribution in [0, 0.1) is 4.91 Å². The highest BCUT2D eigenvalue weighted by molar-refractivity contribution is 7.89. The molecule has 9 nitrogen and oxygen atoms in total. The van der Waals surface area contributed by atoms with Crippen molar-refractivity contribution in [3.8, 4) is 17.2 Å². The van der Waals surface area contributed by atoms with E-state index in [4.69, 9.17) is 9.47 Å². The van der Waals surface area contributed by atoms with Crippen molar-refractivity contribution in [1.82, 2.24) is 10.0 Å². The highest BCUT2D eigenvalue weighted by Gasteiger charge is 2.23. The zero-order chi connectivity index (χ0) is 19.4. The molecule has 0 saturated heterocycles. The number of hydrogen-bond acceptors (Lipinski definition) is 7. The molecule has 0 fully saturated rings. The van der Waals surface area contributed by atoms with Crippen molar-refractivity contribution in [2.45, 2.75) is 18.0 Å². The summed E-state index contributed by atoms with van der Waals surface area (Å²) in [5, 5.41) is 5.14. The molecule has 2 aromatic carbocycles. The lowest BCUT2D eigenvalue weighted by atomic mass is 10.2. The summed E-state index contributed by atoms with van der Waals surface area (Å²) in [5.74, 6) is 0.366. The van der Waals surface area contributed by atoms with E-state index in [1.54, 1.807) is 24.3 Å². The number of nitrogens with one attached hydrogen (secondary N) is 2. The molecular formula is C17H17N3O6S. The molecule has 3 rings (SSSR count). The molecular weight excluding hydrogens is 374 g/mol. The Bertz CT molecular complexity index is 976. The van der Waals surface area contributed by atoms with E-state index in [1.165, 1.54) is 25.1 Å². The molecule has 0 saturated carbocycles. The number of nitroso groups, excluding NO2 is 1. The topological polar surface area (TPSA) is 123 Å². The van der Waals surface area contributed by atoms with E-state index < -0.39 is 22.1 Å². The fourth-order valence-corrected chi connectivity index (χ4v) is 3.60. The van der Waals surface area contributed by atoms with E-state index in [0.717, 1.165) is 0 Å².